The highest BCUT2D eigenvalue weighted by atomic mass is 35.5. The van der Waals surface area contributed by atoms with Crippen molar-refractivity contribution in [3.8, 4) is 0 Å². The smallest absolute Gasteiger partial charge is 0.255 e. The molecule has 1 amide bonds. The summed E-state index contributed by atoms with van der Waals surface area (Å²) in [6.45, 7) is 0. The fourth-order valence-electron chi connectivity index (χ4n) is 2.92. The highest BCUT2D eigenvalue weighted by Crippen LogP contribution is 2.35. The average Bonchev–Trinajstić information content (AvgIpc) is 2.60. The Bertz CT molecular complexity index is 818. The monoisotopic (exact) mass is 397 g/mol. The number of carbonyl (C=O) groups excluding carboxylic acids is 1. The number of rotatable bonds is 4. The lowest BCUT2D eigenvalue weighted by atomic mass is 9.97. The zero-order chi connectivity index (χ0) is 18.7. The second-order valence-corrected chi connectivity index (χ2v) is 8.04. The van der Waals surface area contributed by atoms with Gasteiger partial charge in [-0.3, -0.25) is 4.79 Å². The molecule has 138 valence electrons. The summed E-state index contributed by atoms with van der Waals surface area (Å²) in [5, 5.41) is 12.4. The van der Waals surface area contributed by atoms with E-state index in [2.05, 4.69) is 5.32 Å². The summed E-state index contributed by atoms with van der Waals surface area (Å²) in [4.78, 5) is 12.8. The molecule has 1 fully saturated rings. The number of halogens is 3. The number of aliphatic hydroxyl groups excluding tert-OH is 1. The van der Waals surface area contributed by atoms with Crippen molar-refractivity contribution in [1.82, 2.24) is 0 Å². The van der Waals surface area contributed by atoms with E-state index in [4.69, 9.17) is 11.6 Å². The maximum atomic E-state index is 14.1. The Morgan fingerprint density at radius 1 is 1.15 bits per heavy atom. The van der Waals surface area contributed by atoms with Crippen LogP contribution in [0.5, 0.6) is 0 Å². The molecule has 0 spiro atoms. The summed E-state index contributed by atoms with van der Waals surface area (Å²) in [7, 11) is 0. The van der Waals surface area contributed by atoms with E-state index in [0.717, 1.165) is 25.3 Å². The molecule has 2 atom stereocenters. The third-order valence-electron chi connectivity index (χ3n) is 4.26. The van der Waals surface area contributed by atoms with Gasteiger partial charge >= 0.3 is 0 Å². The summed E-state index contributed by atoms with van der Waals surface area (Å²) in [6.07, 6.45) is 2.87. The molecule has 0 heterocycles. The lowest BCUT2D eigenvalue weighted by Crippen LogP contribution is -2.21. The van der Waals surface area contributed by atoms with Crippen LogP contribution in [-0.2, 0) is 0 Å². The Hall–Kier alpha value is -1.63. The van der Waals surface area contributed by atoms with Gasteiger partial charge in [0, 0.05) is 21.4 Å². The minimum absolute atomic E-state index is 0.0889. The number of hydrogen-bond donors (Lipinski definition) is 2. The fourth-order valence-corrected chi connectivity index (χ4v) is 4.44. The SMILES string of the molecule is O=C(Nc1ccc(F)c(Cl)c1)c1ccc(F)c(S[C@H]2CCC[C@H](O)C2)c1. The molecular weight excluding hydrogens is 380 g/mol. The van der Waals surface area contributed by atoms with Crippen LogP contribution in [0.1, 0.15) is 36.0 Å². The third kappa shape index (κ3) is 4.75. The fraction of sp³-hybridized carbons (Fsp3) is 0.316. The van der Waals surface area contributed by atoms with Crippen LogP contribution >= 0.6 is 23.4 Å². The Kier molecular flexibility index (Phi) is 6.16. The molecule has 1 aliphatic carbocycles. The molecule has 2 aromatic rings. The maximum Gasteiger partial charge on any atom is 0.255 e. The zero-order valence-electron chi connectivity index (χ0n) is 13.8. The summed E-state index contributed by atoms with van der Waals surface area (Å²) in [6, 6.07) is 8.04. The molecule has 2 N–H and O–H groups in total. The maximum absolute atomic E-state index is 14.1. The van der Waals surface area contributed by atoms with Crippen molar-refractivity contribution in [3.05, 3.63) is 58.6 Å². The van der Waals surface area contributed by atoms with E-state index in [0.29, 0.717) is 22.6 Å². The van der Waals surface area contributed by atoms with E-state index in [1.54, 1.807) is 0 Å². The van der Waals surface area contributed by atoms with Crippen molar-refractivity contribution in [3.63, 3.8) is 0 Å². The molecule has 0 aromatic heterocycles. The van der Waals surface area contributed by atoms with Gasteiger partial charge in [-0.1, -0.05) is 11.6 Å². The van der Waals surface area contributed by atoms with Gasteiger partial charge in [0.15, 0.2) is 0 Å². The Morgan fingerprint density at radius 3 is 2.65 bits per heavy atom. The van der Waals surface area contributed by atoms with Crippen molar-refractivity contribution in [1.29, 1.82) is 0 Å². The predicted octanol–water partition coefficient (Wildman–Crippen LogP) is 5.27. The van der Waals surface area contributed by atoms with Crippen LogP contribution in [0.15, 0.2) is 41.3 Å². The number of anilines is 1. The number of amides is 1. The van der Waals surface area contributed by atoms with Gasteiger partial charge in [0.2, 0.25) is 0 Å². The quantitative estimate of drug-likeness (QED) is 0.739. The molecule has 0 radical (unpaired) electrons. The van der Waals surface area contributed by atoms with E-state index in [1.807, 2.05) is 0 Å². The van der Waals surface area contributed by atoms with Crippen LogP contribution in [0.2, 0.25) is 5.02 Å². The first-order valence-electron chi connectivity index (χ1n) is 8.33. The molecule has 0 aliphatic heterocycles. The summed E-state index contributed by atoms with van der Waals surface area (Å²) in [5.41, 5.74) is 0.654. The molecule has 26 heavy (non-hydrogen) atoms. The Morgan fingerprint density at radius 2 is 1.92 bits per heavy atom. The first kappa shape index (κ1) is 19.1. The minimum Gasteiger partial charge on any atom is -0.393 e. The van der Waals surface area contributed by atoms with Gasteiger partial charge in [-0.25, -0.2) is 8.78 Å². The van der Waals surface area contributed by atoms with E-state index in [-0.39, 0.29) is 16.4 Å². The number of hydrogen-bond acceptors (Lipinski definition) is 3. The van der Waals surface area contributed by atoms with E-state index < -0.39 is 17.5 Å². The molecular formula is C19H18ClF2NO2S. The first-order chi connectivity index (χ1) is 12.4. The van der Waals surface area contributed by atoms with Gasteiger partial charge < -0.3 is 10.4 Å². The van der Waals surface area contributed by atoms with Gasteiger partial charge in [0.25, 0.3) is 5.91 Å². The lowest BCUT2D eigenvalue weighted by Gasteiger charge is -2.25. The minimum atomic E-state index is -0.570. The lowest BCUT2D eigenvalue weighted by molar-refractivity contribution is 0.102. The third-order valence-corrected chi connectivity index (χ3v) is 5.88. The topological polar surface area (TPSA) is 49.3 Å². The van der Waals surface area contributed by atoms with Crippen molar-refractivity contribution in [2.24, 2.45) is 0 Å². The van der Waals surface area contributed by atoms with Crippen LogP contribution in [0, 0.1) is 11.6 Å². The molecule has 0 unspecified atom stereocenters. The molecule has 2 aromatic carbocycles. The first-order valence-corrected chi connectivity index (χ1v) is 9.59. The number of nitrogens with one attached hydrogen (secondary N) is 1. The molecule has 0 bridgehead atoms. The number of carbonyl (C=O) groups is 1. The largest absolute Gasteiger partial charge is 0.393 e. The van der Waals surface area contributed by atoms with Crippen LogP contribution in [0.25, 0.3) is 0 Å². The van der Waals surface area contributed by atoms with Gasteiger partial charge in [0.05, 0.1) is 11.1 Å². The molecule has 1 aliphatic rings. The van der Waals surface area contributed by atoms with Gasteiger partial charge in [-0.15, -0.1) is 11.8 Å². The molecule has 0 saturated heterocycles. The van der Waals surface area contributed by atoms with Gasteiger partial charge in [-0.05, 0) is 62.1 Å². The second-order valence-electron chi connectivity index (χ2n) is 6.29. The Labute approximate surface area is 159 Å². The summed E-state index contributed by atoms with van der Waals surface area (Å²) in [5.74, 6) is -1.39. The summed E-state index contributed by atoms with van der Waals surface area (Å²) >= 11 is 7.06. The van der Waals surface area contributed by atoms with Crippen molar-refractivity contribution < 1.29 is 18.7 Å². The van der Waals surface area contributed by atoms with Crippen molar-refractivity contribution >= 4 is 35.0 Å². The van der Waals surface area contributed by atoms with E-state index >= 15 is 0 Å². The molecule has 7 heteroatoms. The highest BCUT2D eigenvalue weighted by molar-refractivity contribution is 8.00. The van der Waals surface area contributed by atoms with Gasteiger partial charge in [0.1, 0.15) is 11.6 Å². The van der Waals surface area contributed by atoms with Crippen LogP contribution in [0.3, 0.4) is 0 Å². The molecule has 1 saturated carbocycles. The number of benzene rings is 2. The van der Waals surface area contributed by atoms with Crippen LogP contribution in [0.4, 0.5) is 14.5 Å². The summed E-state index contributed by atoms with van der Waals surface area (Å²) < 4.78 is 27.3. The number of thioether (sulfide) groups is 1. The number of aliphatic hydroxyl groups is 1. The van der Waals surface area contributed by atoms with Crippen LogP contribution < -0.4 is 5.32 Å². The normalized spacial score (nSPS) is 20.0. The standard InChI is InChI=1S/C19H18ClF2NO2S/c20-15-9-12(5-7-16(15)21)23-19(25)11-4-6-17(22)18(8-11)26-14-3-1-2-13(24)10-14/h4-9,13-14,24H,1-3,10H2,(H,23,25)/t13-,14-/m0/s1. The van der Waals surface area contributed by atoms with Gasteiger partial charge in [-0.2, -0.15) is 0 Å². The van der Waals surface area contributed by atoms with Crippen molar-refractivity contribution in [2.45, 2.75) is 41.9 Å². The second kappa shape index (κ2) is 8.37. The Balaban J connectivity index is 1.73. The average molecular weight is 398 g/mol. The van der Waals surface area contributed by atoms with Crippen LogP contribution in [-0.4, -0.2) is 22.4 Å². The zero-order valence-corrected chi connectivity index (χ0v) is 15.4. The predicted molar refractivity (Wildman–Crippen MR) is 99.9 cm³/mol. The van der Waals surface area contributed by atoms with E-state index in [9.17, 15) is 18.7 Å². The molecule has 3 nitrogen and oxygen atoms in total. The van der Waals surface area contributed by atoms with E-state index in [1.165, 1.54) is 42.1 Å². The molecule has 3 rings (SSSR count). The van der Waals surface area contributed by atoms with Crippen molar-refractivity contribution in [2.75, 3.05) is 5.32 Å². The highest BCUT2D eigenvalue weighted by Gasteiger charge is 2.22.